The highest BCUT2D eigenvalue weighted by Gasteiger charge is 2.24. The zero-order valence-electron chi connectivity index (χ0n) is 66.4. The van der Waals surface area contributed by atoms with Crippen LogP contribution in [-0.2, 0) is 65.4 Å². The van der Waals surface area contributed by atoms with Crippen LogP contribution in [0.15, 0.2) is 48.5 Å². The number of quaternary nitrogens is 2. The average Bonchev–Trinajstić information content (AvgIpc) is 0.823. The van der Waals surface area contributed by atoms with Crippen molar-refractivity contribution in [3.05, 3.63) is 59.6 Å². The number of esters is 4. The van der Waals surface area contributed by atoms with E-state index in [9.17, 15) is 42.9 Å². The molecule has 0 fully saturated rings. The summed E-state index contributed by atoms with van der Waals surface area (Å²) in [6.45, 7) is 4.32. The van der Waals surface area contributed by atoms with Crippen molar-refractivity contribution < 1.29 is 101 Å². The first kappa shape index (κ1) is 90.1. The van der Waals surface area contributed by atoms with E-state index in [-0.39, 0.29) is 70.0 Å². The molecule has 0 N–H and O–H groups in total. The molecule has 0 spiro atoms. The zero-order chi connectivity index (χ0) is 76.6. The Balaban J connectivity index is 1.63. The first-order valence-electron chi connectivity index (χ1n) is 40.2. The van der Waals surface area contributed by atoms with E-state index in [4.69, 9.17) is 49.3 Å². The number of ether oxygens (including phenoxy) is 6. The van der Waals surface area contributed by atoms with Gasteiger partial charge in [-0.2, -0.15) is 0 Å². The van der Waals surface area contributed by atoms with Crippen LogP contribution in [0.2, 0.25) is 0 Å². The molecule has 0 aliphatic heterocycles. The number of hydrogen-bond donors (Lipinski definition) is 0. The predicted octanol–water partition coefficient (Wildman–Crippen LogP) is 17.4. The quantitative estimate of drug-likeness (QED) is 0.0149. The van der Waals surface area contributed by atoms with Crippen molar-refractivity contribution >= 4 is 45.3 Å². The number of benzene rings is 2. The maximum absolute atomic E-state index is 13.4. The summed E-state index contributed by atoms with van der Waals surface area (Å²) in [5.74, 6) is -1.45. The average molecular weight is 1480 g/mol. The minimum absolute atomic E-state index is 0.0730. The van der Waals surface area contributed by atoms with Crippen LogP contribution in [0.25, 0.3) is 0 Å². The molecule has 2 rings (SSSR count). The maximum atomic E-state index is 13.4. The van der Waals surface area contributed by atoms with Gasteiger partial charge in [-0.05, 0) is 87.0 Å². The van der Waals surface area contributed by atoms with E-state index < -0.39 is 64.9 Å². The van der Waals surface area contributed by atoms with Gasteiger partial charge in [0.2, 0.25) is 0 Å². The van der Waals surface area contributed by atoms with E-state index in [1.54, 1.807) is 24.3 Å². The summed E-state index contributed by atoms with van der Waals surface area (Å²) < 4.78 is 97.1. The Bertz CT molecular complexity index is 2540. The molecule has 0 aromatic heterocycles. The van der Waals surface area contributed by atoms with Gasteiger partial charge in [0.15, 0.2) is 18.0 Å². The van der Waals surface area contributed by atoms with Crippen molar-refractivity contribution in [3.63, 3.8) is 0 Å². The molecule has 2 aromatic carbocycles. The Morgan fingerprint density at radius 2 is 0.637 bits per heavy atom. The first-order valence-corrected chi connectivity index (χ1v) is 42.2. The second kappa shape index (κ2) is 58.9. The molecule has 0 saturated carbocycles. The fraction of sp³-hybridized carbons (Fsp3) is 0.785. The molecule has 0 bridgehead atoms. The Labute approximate surface area is 618 Å². The van der Waals surface area contributed by atoms with Crippen LogP contribution in [-0.4, -0.2) is 159 Å². The number of carbonyl (C=O) groups is 5. The molecule has 23 heteroatoms. The number of phosphoric ester groups is 2. The fourth-order valence-corrected chi connectivity index (χ4v) is 12.5. The van der Waals surface area contributed by atoms with Gasteiger partial charge < -0.3 is 65.3 Å². The van der Waals surface area contributed by atoms with Crippen LogP contribution in [0.4, 0.5) is 0 Å². The van der Waals surface area contributed by atoms with Crippen molar-refractivity contribution in [1.29, 1.82) is 0 Å². The summed E-state index contributed by atoms with van der Waals surface area (Å²) in [4.78, 5) is 89.4. The van der Waals surface area contributed by atoms with Gasteiger partial charge in [0.25, 0.3) is 15.6 Å². The van der Waals surface area contributed by atoms with E-state index in [2.05, 4.69) is 13.8 Å². The second-order valence-corrected chi connectivity index (χ2v) is 32.2. The third-order valence-electron chi connectivity index (χ3n) is 17.4. The number of unbranched alkanes of at least 4 members (excludes halogenated alkanes) is 34. The summed E-state index contributed by atoms with van der Waals surface area (Å²) in [6.07, 6.45) is 37.9. The Kier molecular flexibility index (Phi) is 52.0. The molecule has 0 heterocycles. The van der Waals surface area contributed by atoms with Crippen LogP contribution in [0.1, 0.15) is 302 Å². The van der Waals surface area contributed by atoms with Gasteiger partial charge in [0.05, 0.1) is 71.5 Å². The predicted molar refractivity (Wildman–Crippen MR) is 399 cm³/mol. The van der Waals surface area contributed by atoms with E-state index in [1.165, 1.54) is 102 Å². The first-order chi connectivity index (χ1) is 49.7. The van der Waals surface area contributed by atoms with E-state index in [0.29, 0.717) is 83.6 Å². The molecule has 0 radical (unpaired) electrons. The summed E-state index contributed by atoms with van der Waals surface area (Å²) >= 11 is 0. The van der Waals surface area contributed by atoms with Crippen LogP contribution in [0.3, 0.4) is 0 Å². The lowest BCUT2D eigenvalue weighted by molar-refractivity contribution is -0.870. The molecule has 588 valence electrons. The van der Waals surface area contributed by atoms with Crippen molar-refractivity contribution in [2.75, 3.05) is 108 Å². The highest BCUT2D eigenvalue weighted by Crippen LogP contribution is 2.39. The van der Waals surface area contributed by atoms with Gasteiger partial charge in [-0.3, -0.25) is 33.1 Å². The minimum Gasteiger partial charge on any atom is -0.756 e. The Morgan fingerprint density at radius 3 is 0.922 bits per heavy atom. The third-order valence-corrected chi connectivity index (χ3v) is 19.4. The van der Waals surface area contributed by atoms with Gasteiger partial charge in [0.1, 0.15) is 51.0 Å². The molecule has 0 saturated heterocycles. The highest BCUT2D eigenvalue weighted by atomic mass is 31.2. The van der Waals surface area contributed by atoms with E-state index in [0.717, 1.165) is 128 Å². The number of carbonyl (C=O) groups excluding carboxylic acids is 5. The van der Waals surface area contributed by atoms with Crippen LogP contribution < -0.4 is 19.3 Å². The fourth-order valence-electron chi connectivity index (χ4n) is 11.1. The van der Waals surface area contributed by atoms with Gasteiger partial charge in [-0.25, -0.2) is 0 Å². The molecule has 2 aromatic rings. The lowest BCUT2D eigenvalue weighted by Gasteiger charge is -2.28. The van der Waals surface area contributed by atoms with Crippen molar-refractivity contribution in [2.24, 2.45) is 0 Å². The molecule has 102 heavy (non-hydrogen) atoms. The molecule has 4 atom stereocenters. The molecule has 0 aliphatic rings. The normalized spacial score (nSPS) is 13.9. The number of hydrogen-bond acceptors (Lipinski definition) is 19. The number of ketones is 1. The van der Waals surface area contributed by atoms with Gasteiger partial charge >= 0.3 is 23.9 Å². The molecule has 0 aliphatic carbocycles. The highest BCUT2D eigenvalue weighted by molar-refractivity contribution is 7.46. The lowest BCUT2D eigenvalue weighted by atomic mass is 10.0. The number of likely N-dealkylation sites (N-methyl/N-ethyl adjacent to an activating group) is 2. The molecular weight excluding hydrogens is 1340 g/mol. The van der Waals surface area contributed by atoms with Crippen molar-refractivity contribution in [2.45, 2.75) is 296 Å². The summed E-state index contributed by atoms with van der Waals surface area (Å²) in [5, 5.41) is 0. The second-order valence-electron chi connectivity index (χ2n) is 29.4. The zero-order valence-corrected chi connectivity index (χ0v) is 66.2. The van der Waals surface area contributed by atoms with Gasteiger partial charge in [-0.1, -0.05) is 219 Å². The SMILES string of the molecule is [2H]c1cc(C(=O)c2ccc(OCCCCCCCCCCC(=O)OC[C@H](COP(=O)([O-])OCC[N+](C)(C)C)OC(=O)CCCCCCCCCCCCC)c([2H])c2)ccc1OCCCCCCCCCCC(=O)OC[C@H](COP(=O)([O-])OCC[N+](C)(C)C)OC(=O)CCCCCCCCCCCCC. The number of nitrogens with zero attached hydrogens (tertiary/aromatic N) is 2. The summed E-state index contributed by atoms with van der Waals surface area (Å²) in [7, 11) is 2.05. The lowest BCUT2D eigenvalue weighted by Crippen LogP contribution is -2.37. The summed E-state index contributed by atoms with van der Waals surface area (Å²) in [6, 6.07) is 9.70. The minimum atomic E-state index is -4.69. The maximum Gasteiger partial charge on any atom is 0.306 e. The molecular formula is C79H138N2O19P2. The smallest absolute Gasteiger partial charge is 0.306 e. The monoisotopic (exact) mass is 1480 g/mol. The number of phosphoric acid groups is 2. The summed E-state index contributed by atoms with van der Waals surface area (Å²) in [5.41, 5.74) is 0.643. The topological polar surface area (TPSA) is 258 Å². The third kappa shape index (κ3) is 56.1. The van der Waals surface area contributed by atoms with Gasteiger partial charge in [0, 0.05) is 36.8 Å². The molecule has 2 unspecified atom stereocenters. The van der Waals surface area contributed by atoms with E-state index in [1.807, 2.05) is 42.3 Å². The van der Waals surface area contributed by atoms with Gasteiger partial charge in [-0.15, -0.1) is 0 Å². The van der Waals surface area contributed by atoms with Crippen LogP contribution >= 0.6 is 15.6 Å². The molecule has 0 amide bonds. The standard InChI is InChI=1S/C79H138N2O19P2/c1-9-11-13-15-17-19-21-23-31-37-43-49-77(84)99-73(67-97-101(87,88)95-63-59-80(3,4)5)65-93-75(82)47-41-35-29-25-27-33-39-45-61-91-71-55-51-69(52-56-71)79(86)70-53-57-72(58-54-70)92-62-46-40-34-28-26-30-36-42-48-76(83)94-66-74(68-98-102(89,90)96-64-60-81(6,7)8)100-78(85)50-44-38-32-24-22-20-18-16-14-12-10-2/h51-58,73-74H,9-50,59-68H2,1-8H3/t73-,74-/m1/s1/i55D,57D. The van der Waals surface area contributed by atoms with Crippen molar-refractivity contribution in [3.8, 4) is 11.5 Å². The largest absolute Gasteiger partial charge is 0.756 e. The molecule has 21 nitrogen and oxygen atoms in total. The van der Waals surface area contributed by atoms with Crippen LogP contribution in [0, 0.1) is 0 Å². The van der Waals surface area contributed by atoms with Crippen molar-refractivity contribution in [1.82, 2.24) is 0 Å². The van der Waals surface area contributed by atoms with Crippen LogP contribution in [0.5, 0.6) is 11.5 Å². The number of rotatable bonds is 70. The Morgan fingerprint density at radius 1 is 0.363 bits per heavy atom. The van der Waals surface area contributed by atoms with E-state index >= 15 is 0 Å². The Hall–Kier alpha value is -4.27.